The van der Waals surface area contributed by atoms with Crippen molar-refractivity contribution in [1.82, 2.24) is 10.5 Å². The smallest absolute Gasteiger partial charge is 0.252 e. The summed E-state index contributed by atoms with van der Waals surface area (Å²) in [5, 5.41) is 16.6. The molecule has 6 heteroatoms. The summed E-state index contributed by atoms with van der Waals surface area (Å²) in [5.74, 6) is 1.39. The zero-order chi connectivity index (χ0) is 16.9. The summed E-state index contributed by atoms with van der Waals surface area (Å²) >= 11 is 1.57. The third-order valence-corrected chi connectivity index (χ3v) is 5.31. The number of aryl methyl sites for hydroxylation is 1. The fourth-order valence-corrected chi connectivity index (χ4v) is 3.82. The number of carbonyl (C=O) groups is 1. The lowest BCUT2D eigenvalue weighted by Gasteiger charge is -2.26. The second-order valence-corrected chi connectivity index (χ2v) is 7.22. The molecule has 1 amide bonds. The Hall–Kier alpha value is -1.79. The van der Waals surface area contributed by atoms with Crippen LogP contribution in [0, 0.1) is 6.92 Å². The Morgan fingerprint density at radius 3 is 2.79 bits per heavy atom. The average molecular weight is 346 g/mol. The Balaban J connectivity index is 1.63. The maximum atomic E-state index is 12.6. The molecule has 1 aromatic heterocycles. The molecule has 24 heavy (non-hydrogen) atoms. The number of thioether (sulfide) groups is 1. The van der Waals surface area contributed by atoms with E-state index in [4.69, 9.17) is 4.52 Å². The number of hydrogen-bond donors (Lipinski definition) is 2. The lowest BCUT2D eigenvalue weighted by atomic mass is 9.93. The Bertz CT molecular complexity index is 693. The van der Waals surface area contributed by atoms with Crippen LogP contribution in [0.15, 0.2) is 39.8 Å². The normalized spacial score (nSPS) is 20.8. The number of nitrogens with zero attached hydrogens (tertiary/aromatic N) is 1. The van der Waals surface area contributed by atoms with E-state index in [2.05, 4.69) is 10.5 Å². The molecule has 5 nitrogen and oxygen atoms in total. The fraction of sp³-hybridized carbons (Fsp3) is 0.444. The molecule has 0 saturated heterocycles. The van der Waals surface area contributed by atoms with Crippen LogP contribution in [0.5, 0.6) is 0 Å². The van der Waals surface area contributed by atoms with Crippen molar-refractivity contribution >= 4 is 17.7 Å². The van der Waals surface area contributed by atoms with E-state index in [9.17, 15) is 9.90 Å². The zero-order valence-electron chi connectivity index (χ0n) is 13.7. The van der Waals surface area contributed by atoms with Gasteiger partial charge in [0.2, 0.25) is 0 Å². The number of rotatable bonds is 5. The number of hydrogen-bond acceptors (Lipinski definition) is 5. The van der Waals surface area contributed by atoms with E-state index in [1.807, 2.05) is 37.3 Å². The monoisotopic (exact) mass is 346 g/mol. The number of nitrogens with one attached hydrogen (secondary N) is 1. The molecule has 1 aliphatic rings. The maximum absolute atomic E-state index is 12.6. The van der Waals surface area contributed by atoms with Gasteiger partial charge in [0.15, 0.2) is 0 Å². The molecular formula is C18H22N2O3S. The largest absolute Gasteiger partial charge is 0.393 e. The average Bonchev–Trinajstić information content (AvgIpc) is 3.01. The van der Waals surface area contributed by atoms with Gasteiger partial charge in [-0.25, -0.2) is 0 Å². The Labute approximate surface area is 145 Å². The molecule has 0 spiro atoms. The van der Waals surface area contributed by atoms with Gasteiger partial charge in [0, 0.05) is 17.0 Å². The summed E-state index contributed by atoms with van der Waals surface area (Å²) < 4.78 is 5.22. The highest BCUT2D eigenvalue weighted by Crippen LogP contribution is 2.27. The van der Waals surface area contributed by atoms with Gasteiger partial charge in [0.1, 0.15) is 5.76 Å². The van der Waals surface area contributed by atoms with Crippen molar-refractivity contribution in [2.24, 2.45) is 0 Å². The summed E-state index contributed by atoms with van der Waals surface area (Å²) in [6.07, 6.45) is 2.96. The van der Waals surface area contributed by atoms with Gasteiger partial charge in [-0.2, -0.15) is 0 Å². The van der Waals surface area contributed by atoms with E-state index >= 15 is 0 Å². The van der Waals surface area contributed by atoms with Gasteiger partial charge in [0.05, 0.1) is 23.1 Å². The predicted molar refractivity (Wildman–Crippen MR) is 93.0 cm³/mol. The van der Waals surface area contributed by atoms with E-state index in [0.717, 1.165) is 42.0 Å². The third kappa shape index (κ3) is 4.39. The van der Waals surface area contributed by atoms with E-state index in [1.54, 1.807) is 11.8 Å². The highest BCUT2D eigenvalue weighted by molar-refractivity contribution is 7.98. The first-order valence-corrected chi connectivity index (χ1v) is 9.23. The summed E-state index contributed by atoms with van der Waals surface area (Å²) in [4.78, 5) is 13.5. The van der Waals surface area contributed by atoms with Crippen LogP contribution in [0.1, 0.15) is 47.5 Å². The third-order valence-electron chi connectivity index (χ3n) is 4.21. The van der Waals surface area contributed by atoms with Crippen LogP contribution in [-0.4, -0.2) is 28.3 Å². The number of aromatic nitrogens is 1. The molecule has 0 radical (unpaired) electrons. The number of benzene rings is 1. The molecule has 2 aromatic rings. The lowest BCUT2D eigenvalue weighted by molar-refractivity contribution is 0.0865. The second kappa shape index (κ2) is 7.85. The topological polar surface area (TPSA) is 75.4 Å². The van der Waals surface area contributed by atoms with Gasteiger partial charge in [-0.3, -0.25) is 4.79 Å². The number of carbonyl (C=O) groups excluding carboxylic acids is 1. The SMILES string of the molecule is Cc1cc(CSc2ccccc2C(=O)NC2CCC(O)CC2)on1. The molecule has 3 rings (SSSR count). The van der Waals surface area contributed by atoms with Crippen molar-refractivity contribution < 1.29 is 14.4 Å². The van der Waals surface area contributed by atoms with Gasteiger partial charge in [-0.05, 0) is 44.7 Å². The molecule has 1 saturated carbocycles. The molecule has 1 aliphatic carbocycles. The van der Waals surface area contributed by atoms with E-state index < -0.39 is 0 Å². The van der Waals surface area contributed by atoms with Crippen LogP contribution in [0.4, 0.5) is 0 Å². The minimum Gasteiger partial charge on any atom is -0.393 e. The summed E-state index contributed by atoms with van der Waals surface area (Å²) in [5.41, 5.74) is 1.54. The van der Waals surface area contributed by atoms with Gasteiger partial charge < -0.3 is 14.9 Å². The van der Waals surface area contributed by atoms with Crippen LogP contribution < -0.4 is 5.32 Å². The maximum Gasteiger partial charge on any atom is 0.252 e. The Morgan fingerprint density at radius 1 is 1.33 bits per heavy atom. The highest BCUT2D eigenvalue weighted by atomic mass is 32.2. The first-order chi connectivity index (χ1) is 11.6. The molecule has 0 aliphatic heterocycles. The Kier molecular flexibility index (Phi) is 5.58. The first kappa shape index (κ1) is 17.0. The van der Waals surface area contributed by atoms with Crippen molar-refractivity contribution in [2.45, 2.75) is 55.4 Å². The second-order valence-electron chi connectivity index (χ2n) is 6.20. The zero-order valence-corrected chi connectivity index (χ0v) is 14.5. The van der Waals surface area contributed by atoms with Gasteiger partial charge in [-0.15, -0.1) is 11.8 Å². The van der Waals surface area contributed by atoms with Crippen molar-refractivity contribution in [1.29, 1.82) is 0 Å². The highest BCUT2D eigenvalue weighted by Gasteiger charge is 2.22. The molecule has 0 atom stereocenters. The van der Waals surface area contributed by atoms with Crippen LogP contribution >= 0.6 is 11.8 Å². The molecular weight excluding hydrogens is 324 g/mol. The molecule has 1 fully saturated rings. The van der Waals surface area contributed by atoms with Gasteiger partial charge in [0.25, 0.3) is 5.91 Å². The molecule has 1 heterocycles. The summed E-state index contributed by atoms with van der Waals surface area (Å²) in [6.45, 7) is 1.89. The number of aliphatic hydroxyl groups is 1. The van der Waals surface area contributed by atoms with Crippen molar-refractivity contribution in [3.8, 4) is 0 Å². The van der Waals surface area contributed by atoms with Crippen LogP contribution in [0.3, 0.4) is 0 Å². The molecule has 0 unspecified atom stereocenters. The van der Waals surface area contributed by atoms with Crippen LogP contribution in [0.2, 0.25) is 0 Å². The van der Waals surface area contributed by atoms with Crippen molar-refractivity contribution in [3.05, 3.63) is 47.3 Å². The molecule has 0 bridgehead atoms. The molecule has 1 aromatic carbocycles. The molecule has 2 N–H and O–H groups in total. The fourth-order valence-electron chi connectivity index (χ4n) is 2.90. The minimum absolute atomic E-state index is 0.0479. The predicted octanol–water partition coefficient (Wildman–Crippen LogP) is 3.31. The van der Waals surface area contributed by atoms with E-state index in [-0.39, 0.29) is 18.1 Å². The van der Waals surface area contributed by atoms with Crippen molar-refractivity contribution in [2.75, 3.05) is 0 Å². The first-order valence-electron chi connectivity index (χ1n) is 8.25. The number of aliphatic hydroxyl groups excluding tert-OH is 1. The van der Waals surface area contributed by atoms with Crippen LogP contribution in [0.25, 0.3) is 0 Å². The van der Waals surface area contributed by atoms with Crippen molar-refractivity contribution in [3.63, 3.8) is 0 Å². The van der Waals surface area contributed by atoms with Crippen LogP contribution in [-0.2, 0) is 5.75 Å². The van der Waals surface area contributed by atoms with E-state index in [1.165, 1.54) is 0 Å². The summed E-state index contributed by atoms with van der Waals surface area (Å²) in [7, 11) is 0. The van der Waals surface area contributed by atoms with E-state index in [0.29, 0.717) is 11.3 Å². The minimum atomic E-state index is -0.216. The van der Waals surface area contributed by atoms with Gasteiger partial charge in [-0.1, -0.05) is 17.3 Å². The summed E-state index contributed by atoms with van der Waals surface area (Å²) in [6, 6.07) is 9.66. The standard InChI is InChI=1S/C18H22N2O3S/c1-12-10-15(23-20-12)11-24-17-5-3-2-4-16(17)18(22)19-13-6-8-14(21)9-7-13/h2-5,10,13-14,21H,6-9,11H2,1H3,(H,19,22). The number of amides is 1. The van der Waals surface area contributed by atoms with Gasteiger partial charge >= 0.3 is 0 Å². The quantitative estimate of drug-likeness (QED) is 0.813. The Morgan fingerprint density at radius 2 is 2.08 bits per heavy atom. The lowest BCUT2D eigenvalue weighted by Crippen LogP contribution is -2.38. The molecule has 128 valence electrons.